The summed E-state index contributed by atoms with van der Waals surface area (Å²) in [5.74, 6) is -7.29. The third-order valence-electron chi connectivity index (χ3n) is 4.41. The van der Waals surface area contributed by atoms with Gasteiger partial charge in [-0.05, 0) is 23.6 Å². The van der Waals surface area contributed by atoms with Crippen LogP contribution in [0.15, 0.2) is 29.0 Å². The van der Waals surface area contributed by atoms with E-state index in [2.05, 4.69) is 4.90 Å². The molecule has 3 rings (SSSR count). The van der Waals surface area contributed by atoms with Crippen LogP contribution >= 0.6 is 11.3 Å². The lowest BCUT2D eigenvalue weighted by atomic mass is 10.1. The van der Waals surface area contributed by atoms with Gasteiger partial charge in [-0.1, -0.05) is 0 Å². The molecule has 0 aliphatic carbocycles. The molecule has 0 spiro atoms. The number of anilines is 1. The summed E-state index contributed by atoms with van der Waals surface area (Å²) in [5, 5.41) is 18.5. The molecule has 0 atom stereocenters. The molecule has 0 saturated carbocycles. The average Bonchev–Trinajstić information content (AvgIpc) is 3.26. The number of benzene rings is 1. The number of carboxylic acid groups (broad SMARTS) is 2. The van der Waals surface area contributed by atoms with Crippen molar-refractivity contribution >= 4 is 34.7 Å². The lowest BCUT2D eigenvalue weighted by Crippen LogP contribution is -2.47. The minimum atomic E-state index is -1.82. The first-order valence-corrected chi connectivity index (χ1v) is 9.77. The summed E-state index contributed by atoms with van der Waals surface area (Å²) in [6.45, 7) is 2.96. The number of nitrogens with zero attached hydrogens (tertiary/aromatic N) is 2. The highest BCUT2D eigenvalue weighted by Crippen LogP contribution is 2.24. The van der Waals surface area contributed by atoms with Crippen molar-refractivity contribution < 1.29 is 37.8 Å². The summed E-state index contributed by atoms with van der Waals surface area (Å²) >= 11 is 1.50. The minimum Gasteiger partial charge on any atom is -0.473 e. The van der Waals surface area contributed by atoms with Gasteiger partial charge in [0.15, 0.2) is 23.2 Å². The van der Waals surface area contributed by atoms with Gasteiger partial charge in [0.25, 0.3) is 0 Å². The summed E-state index contributed by atoms with van der Waals surface area (Å²) in [4.78, 5) is 34.0. The number of hydrogen-bond acceptors (Lipinski definition) is 6. The van der Waals surface area contributed by atoms with Crippen molar-refractivity contribution in [2.45, 2.75) is 6.42 Å². The molecule has 0 radical (unpaired) electrons. The standard InChI is InChI=1S/C17H17F3N2OS.C2H2O4/c18-13-1-2-14(17(20)16(13)19)22-8-6-21(7-9-22)5-3-15(23)12-4-10-24-11-12;3-1(4)2(5)6/h1-2,4,10-11H,3,5-9H2;(H,3,4)(H,5,6). The molecule has 7 nitrogen and oxygen atoms in total. The molecule has 2 N–H and O–H groups in total. The fraction of sp³-hybridized carbons (Fsp3) is 0.316. The number of carboxylic acids is 2. The lowest BCUT2D eigenvalue weighted by Gasteiger charge is -2.36. The first-order chi connectivity index (χ1) is 14.2. The van der Waals surface area contributed by atoms with E-state index in [1.807, 2.05) is 16.8 Å². The molecule has 0 bridgehead atoms. The molecular formula is C19H19F3N2O5S. The third kappa shape index (κ3) is 6.29. The van der Waals surface area contributed by atoms with Crippen LogP contribution in [-0.2, 0) is 9.59 Å². The van der Waals surface area contributed by atoms with Crippen LogP contribution in [0.4, 0.5) is 18.9 Å². The van der Waals surface area contributed by atoms with Crippen molar-refractivity contribution in [1.82, 2.24) is 4.90 Å². The summed E-state index contributed by atoms with van der Waals surface area (Å²) in [6, 6.07) is 4.03. The third-order valence-corrected chi connectivity index (χ3v) is 5.09. The van der Waals surface area contributed by atoms with E-state index >= 15 is 0 Å². The molecule has 0 amide bonds. The zero-order valence-electron chi connectivity index (χ0n) is 15.7. The van der Waals surface area contributed by atoms with Gasteiger partial charge in [0, 0.05) is 50.1 Å². The highest BCUT2D eigenvalue weighted by atomic mass is 32.1. The van der Waals surface area contributed by atoms with Crippen molar-refractivity contribution in [2.24, 2.45) is 0 Å². The summed E-state index contributed by atoms with van der Waals surface area (Å²) in [5.41, 5.74) is 0.824. The van der Waals surface area contributed by atoms with Crippen LogP contribution < -0.4 is 4.90 Å². The van der Waals surface area contributed by atoms with Crippen molar-refractivity contribution in [1.29, 1.82) is 0 Å². The molecule has 1 aromatic heterocycles. The van der Waals surface area contributed by atoms with Crippen molar-refractivity contribution in [3.05, 3.63) is 52.0 Å². The molecular weight excluding hydrogens is 425 g/mol. The average molecular weight is 444 g/mol. The molecule has 1 aromatic carbocycles. The van der Waals surface area contributed by atoms with Crippen LogP contribution in [-0.4, -0.2) is 65.6 Å². The Morgan fingerprint density at radius 2 is 1.57 bits per heavy atom. The predicted octanol–water partition coefficient (Wildman–Crippen LogP) is 2.72. The van der Waals surface area contributed by atoms with Crippen LogP contribution in [0.5, 0.6) is 0 Å². The minimum absolute atomic E-state index is 0.0860. The van der Waals surface area contributed by atoms with E-state index in [1.54, 1.807) is 4.90 Å². The number of Topliss-reactive ketones (excluding diaryl/α,β-unsaturated/α-hetero) is 1. The normalized spacial score (nSPS) is 14.0. The Morgan fingerprint density at radius 3 is 2.10 bits per heavy atom. The molecule has 11 heteroatoms. The Labute approximate surface area is 174 Å². The highest BCUT2D eigenvalue weighted by Gasteiger charge is 2.23. The molecule has 2 heterocycles. The fourth-order valence-corrected chi connectivity index (χ4v) is 3.46. The predicted molar refractivity (Wildman–Crippen MR) is 104 cm³/mol. The Morgan fingerprint density at radius 1 is 0.933 bits per heavy atom. The number of rotatable bonds is 5. The van der Waals surface area contributed by atoms with Gasteiger partial charge in [-0.2, -0.15) is 11.3 Å². The van der Waals surface area contributed by atoms with Crippen LogP contribution in [0.3, 0.4) is 0 Å². The van der Waals surface area contributed by atoms with E-state index in [4.69, 9.17) is 19.8 Å². The summed E-state index contributed by atoms with van der Waals surface area (Å²) < 4.78 is 40.2. The Hall–Kier alpha value is -2.92. The first kappa shape index (κ1) is 23.4. The largest absolute Gasteiger partial charge is 0.473 e. The number of carbonyl (C=O) groups is 3. The van der Waals surface area contributed by atoms with E-state index in [9.17, 15) is 18.0 Å². The molecule has 1 saturated heterocycles. The smallest absolute Gasteiger partial charge is 0.414 e. The van der Waals surface area contributed by atoms with E-state index in [0.29, 0.717) is 39.1 Å². The van der Waals surface area contributed by atoms with Gasteiger partial charge >= 0.3 is 11.9 Å². The lowest BCUT2D eigenvalue weighted by molar-refractivity contribution is -0.159. The van der Waals surface area contributed by atoms with Crippen molar-refractivity contribution in [2.75, 3.05) is 37.6 Å². The van der Waals surface area contributed by atoms with Gasteiger partial charge in [0.1, 0.15) is 0 Å². The second-order valence-electron chi connectivity index (χ2n) is 6.32. The van der Waals surface area contributed by atoms with E-state index in [-0.39, 0.29) is 11.5 Å². The van der Waals surface area contributed by atoms with E-state index in [1.165, 1.54) is 17.4 Å². The Balaban J connectivity index is 0.000000469. The van der Waals surface area contributed by atoms with E-state index in [0.717, 1.165) is 11.6 Å². The van der Waals surface area contributed by atoms with Crippen LogP contribution in [0.1, 0.15) is 16.8 Å². The second-order valence-corrected chi connectivity index (χ2v) is 7.10. The van der Waals surface area contributed by atoms with Gasteiger partial charge in [0.05, 0.1) is 5.69 Å². The van der Waals surface area contributed by atoms with E-state index < -0.39 is 29.4 Å². The second kappa shape index (κ2) is 10.7. The number of aliphatic carboxylic acids is 2. The van der Waals surface area contributed by atoms with Gasteiger partial charge in [-0.3, -0.25) is 9.69 Å². The maximum Gasteiger partial charge on any atom is 0.414 e. The monoisotopic (exact) mass is 444 g/mol. The SMILES string of the molecule is O=C(CCN1CCN(c2ccc(F)c(F)c2F)CC1)c1ccsc1.O=C(O)C(=O)O. The molecule has 0 unspecified atom stereocenters. The molecule has 1 aliphatic heterocycles. The Kier molecular flexibility index (Phi) is 8.36. The number of ketones is 1. The van der Waals surface area contributed by atoms with Crippen molar-refractivity contribution in [3.8, 4) is 0 Å². The number of carbonyl (C=O) groups excluding carboxylic acids is 1. The molecule has 1 aliphatic rings. The highest BCUT2D eigenvalue weighted by molar-refractivity contribution is 7.08. The molecule has 162 valence electrons. The van der Waals surface area contributed by atoms with Crippen LogP contribution in [0.2, 0.25) is 0 Å². The van der Waals surface area contributed by atoms with Gasteiger partial charge in [-0.25, -0.2) is 22.8 Å². The van der Waals surface area contributed by atoms with Gasteiger partial charge < -0.3 is 15.1 Å². The summed E-state index contributed by atoms with van der Waals surface area (Å²) in [7, 11) is 0. The first-order valence-electron chi connectivity index (χ1n) is 8.83. The number of hydrogen-bond donors (Lipinski definition) is 2. The number of thiophene rings is 1. The van der Waals surface area contributed by atoms with Crippen LogP contribution in [0, 0.1) is 17.5 Å². The topological polar surface area (TPSA) is 98.2 Å². The number of halogens is 3. The maximum atomic E-state index is 13.8. The fourth-order valence-electron chi connectivity index (χ4n) is 2.80. The van der Waals surface area contributed by atoms with Gasteiger partial charge in [-0.15, -0.1) is 0 Å². The van der Waals surface area contributed by atoms with Crippen LogP contribution in [0.25, 0.3) is 0 Å². The van der Waals surface area contributed by atoms with Crippen molar-refractivity contribution in [3.63, 3.8) is 0 Å². The zero-order valence-corrected chi connectivity index (χ0v) is 16.5. The quantitative estimate of drug-likeness (QED) is 0.416. The molecule has 1 fully saturated rings. The summed E-state index contributed by atoms with van der Waals surface area (Å²) in [6.07, 6.45) is 0.441. The molecule has 30 heavy (non-hydrogen) atoms. The maximum absolute atomic E-state index is 13.8. The molecule has 2 aromatic rings. The van der Waals surface area contributed by atoms with Gasteiger partial charge in [0.2, 0.25) is 0 Å². The zero-order chi connectivity index (χ0) is 22.3. The Bertz CT molecular complexity index is 888. The number of piperazine rings is 1.